The molecule has 1 aromatic rings. The lowest BCUT2D eigenvalue weighted by Crippen LogP contribution is -2.24. The zero-order chi connectivity index (χ0) is 15.1. The zero-order valence-corrected chi connectivity index (χ0v) is 12.8. The second-order valence-corrected chi connectivity index (χ2v) is 4.80. The molecule has 0 atom stereocenters. The van der Waals surface area contributed by atoms with Crippen LogP contribution in [0.25, 0.3) is 0 Å². The van der Waals surface area contributed by atoms with E-state index in [9.17, 15) is 4.79 Å². The van der Waals surface area contributed by atoms with Crippen molar-refractivity contribution < 1.29 is 19.4 Å². The highest BCUT2D eigenvalue weighted by Crippen LogP contribution is 2.33. The van der Waals surface area contributed by atoms with Crippen LogP contribution in [0.15, 0.2) is 21.7 Å². The van der Waals surface area contributed by atoms with Crippen LogP contribution in [0.1, 0.15) is 5.56 Å². The summed E-state index contributed by atoms with van der Waals surface area (Å²) in [6.07, 6.45) is 1.39. The molecule has 0 unspecified atom stereocenters. The molecule has 0 bridgehead atoms. The van der Waals surface area contributed by atoms with Crippen LogP contribution in [0.5, 0.6) is 11.5 Å². The van der Waals surface area contributed by atoms with E-state index in [2.05, 4.69) is 38.7 Å². The van der Waals surface area contributed by atoms with Crippen molar-refractivity contribution >= 4 is 45.4 Å². The Morgan fingerprint density at radius 3 is 2.90 bits per heavy atom. The first kappa shape index (κ1) is 16.2. The summed E-state index contributed by atoms with van der Waals surface area (Å²) in [5, 5.41) is 12.5. The van der Waals surface area contributed by atoms with E-state index < -0.39 is 12.6 Å². The highest BCUT2D eigenvalue weighted by molar-refractivity contribution is 9.10. The van der Waals surface area contributed by atoms with Crippen LogP contribution >= 0.6 is 28.1 Å². The number of rotatable bonds is 6. The number of benzene rings is 1. The van der Waals surface area contributed by atoms with Crippen molar-refractivity contribution in [2.45, 2.75) is 0 Å². The van der Waals surface area contributed by atoms with Gasteiger partial charge in [0.2, 0.25) is 0 Å². The highest BCUT2D eigenvalue weighted by atomic mass is 79.9. The molecule has 0 aliphatic heterocycles. The Balaban J connectivity index is 3.10. The Bertz CT molecular complexity index is 551. The fourth-order valence-corrected chi connectivity index (χ4v) is 1.80. The standard InChI is InChI=1S/C11H12BrN3O4S/c1-18-8-3-7(12)2-6(4-14-15-11(13)20)10(8)19-5-9(16)17/h2-4H,5H2,1H3,(H,16,17)(H3,13,15,20). The molecule has 0 spiro atoms. The maximum atomic E-state index is 10.6. The molecule has 4 N–H and O–H groups in total. The number of nitrogens with one attached hydrogen (secondary N) is 1. The normalized spacial score (nSPS) is 10.3. The van der Waals surface area contributed by atoms with Crippen molar-refractivity contribution in [2.75, 3.05) is 13.7 Å². The van der Waals surface area contributed by atoms with E-state index in [4.69, 9.17) is 20.3 Å². The third-order valence-corrected chi connectivity index (χ3v) is 2.54. The Hall–Kier alpha value is -1.87. The van der Waals surface area contributed by atoms with Gasteiger partial charge in [-0.3, -0.25) is 5.43 Å². The number of nitrogens with zero attached hydrogens (tertiary/aromatic N) is 1. The van der Waals surface area contributed by atoms with Crippen molar-refractivity contribution in [3.05, 3.63) is 22.2 Å². The first-order valence-electron chi connectivity index (χ1n) is 5.24. The maximum absolute atomic E-state index is 10.6. The Morgan fingerprint density at radius 2 is 2.35 bits per heavy atom. The largest absolute Gasteiger partial charge is 0.493 e. The zero-order valence-electron chi connectivity index (χ0n) is 10.4. The third-order valence-electron chi connectivity index (χ3n) is 1.99. The summed E-state index contributed by atoms with van der Waals surface area (Å²) < 4.78 is 11.1. The van der Waals surface area contributed by atoms with Gasteiger partial charge in [0, 0.05) is 10.0 Å². The second-order valence-electron chi connectivity index (χ2n) is 3.44. The molecule has 1 aromatic carbocycles. The van der Waals surface area contributed by atoms with Crippen LogP contribution in [-0.4, -0.2) is 36.1 Å². The van der Waals surface area contributed by atoms with E-state index >= 15 is 0 Å². The van der Waals surface area contributed by atoms with Gasteiger partial charge in [0.05, 0.1) is 13.3 Å². The van der Waals surface area contributed by atoms with Gasteiger partial charge in [0.25, 0.3) is 0 Å². The number of thiocarbonyl (C=S) groups is 1. The van der Waals surface area contributed by atoms with Gasteiger partial charge in [-0.25, -0.2) is 4.79 Å². The molecule has 0 fully saturated rings. The van der Waals surface area contributed by atoms with Gasteiger partial charge < -0.3 is 20.3 Å². The van der Waals surface area contributed by atoms with Crippen LogP contribution in [0.3, 0.4) is 0 Å². The Morgan fingerprint density at radius 1 is 1.65 bits per heavy atom. The second kappa shape index (κ2) is 7.65. The van der Waals surface area contributed by atoms with Crippen LogP contribution in [0, 0.1) is 0 Å². The number of aliphatic carboxylic acids is 1. The molecule has 0 heterocycles. The molecule has 0 aliphatic carbocycles. The number of carboxylic acid groups (broad SMARTS) is 1. The summed E-state index contributed by atoms with van der Waals surface area (Å²) in [7, 11) is 1.45. The minimum absolute atomic E-state index is 0.0104. The minimum atomic E-state index is -1.10. The molecule has 0 amide bonds. The summed E-state index contributed by atoms with van der Waals surface area (Å²) >= 11 is 7.92. The summed E-state index contributed by atoms with van der Waals surface area (Å²) in [5.41, 5.74) is 8.14. The quantitative estimate of drug-likeness (QED) is 0.395. The first-order chi connectivity index (χ1) is 9.43. The first-order valence-corrected chi connectivity index (χ1v) is 6.44. The minimum Gasteiger partial charge on any atom is -0.493 e. The van der Waals surface area contributed by atoms with Crippen molar-refractivity contribution in [1.82, 2.24) is 5.43 Å². The lowest BCUT2D eigenvalue weighted by molar-refractivity contribution is -0.139. The lowest BCUT2D eigenvalue weighted by Gasteiger charge is -2.12. The molecule has 0 saturated heterocycles. The highest BCUT2D eigenvalue weighted by Gasteiger charge is 2.13. The van der Waals surface area contributed by atoms with Crippen LogP contribution in [0.4, 0.5) is 0 Å². The number of hydrogen-bond donors (Lipinski definition) is 3. The number of hydrogen-bond acceptors (Lipinski definition) is 5. The van der Waals surface area contributed by atoms with Crippen LogP contribution < -0.4 is 20.6 Å². The number of halogens is 1. The molecule has 7 nitrogen and oxygen atoms in total. The molecule has 0 aromatic heterocycles. The molecule has 0 saturated carbocycles. The summed E-state index contributed by atoms with van der Waals surface area (Å²) in [4.78, 5) is 10.6. The van der Waals surface area contributed by atoms with E-state index in [0.717, 1.165) is 0 Å². The Kier molecular flexibility index (Phi) is 6.19. The molecular formula is C11H12BrN3O4S. The number of nitrogens with two attached hydrogens (primary N) is 1. The molecule has 108 valence electrons. The van der Waals surface area contributed by atoms with Gasteiger partial charge in [-0.2, -0.15) is 5.10 Å². The third kappa shape index (κ3) is 5.02. The molecule has 9 heteroatoms. The predicted molar refractivity (Wildman–Crippen MR) is 81.3 cm³/mol. The number of carbonyl (C=O) groups is 1. The number of carboxylic acids is 1. The van der Waals surface area contributed by atoms with Gasteiger partial charge in [-0.1, -0.05) is 15.9 Å². The van der Waals surface area contributed by atoms with Crippen molar-refractivity contribution in [3.63, 3.8) is 0 Å². The average Bonchev–Trinajstić information content (AvgIpc) is 2.36. The van der Waals surface area contributed by atoms with E-state index in [1.54, 1.807) is 12.1 Å². The van der Waals surface area contributed by atoms with Crippen LogP contribution in [0.2, 0.25) is 0 Å². The number of ether oxygens (including phenoxy) is 2. The fraction of sp³-hybridized carbons (Fsp3) is 0.182. The number of hydrazone groups is 1. The fourth-order valence-electron chi connectivity index (χ4n) is 1.29. The van der Waals surface area contributed by atoms with Gasteiger partial charge in [0.15, 0.2) is 23.2 Å². The number of methoxy groups -OCH3 is 1. The van der Waals surface area contributed by atoms with Gasteiger partial charge in [-0.05, 0) is 24.4 Å². The molecular weight excluding hydrogens is 350 g/mol. The topological polar surface area (TPSA) is 106 Å². The van der Waals surface area contributed by atoms with E-state index in [1.165, 1.54) is 13.3 Å². The van der Waals surface area contributed by atoms with Crippen molar-refractivity contribution in [3.8, 4) is 11.5 Å². The summed E-state index contributed by atoms with van der Waals surface area (Å²) in [6, 6.07) is 3.33. The van der Waals surface area contributed by atoms with Crippen molar-refractivity contribution in [1.29, 1.82) is 0 Å². The predicted octanol–water partition coefficient (Wildman–Crippen LogP) is 1.09. The van der Waals surface area contributed by atoms with E-state index in [1.807, 2.05) is 0 Å². The summed E-state index contributed by atoms with van der Waals surface area (Å²) in [6.45, 7) is -0.498. The smallest absolute Gasteiger partial charge is 0.341 e. The monoisotopic (exact) mass is 361 g/mol. The van der Waals surface area contributed by atoms with Gasteiger partial charge >= 0.3 is 5.97 Å². The maximum Gasteiger partial charge on any atom is 0.341 e. The van der Waals surface area contributed by atoms with Gasteiger partial charge in [-0.15, -0.1) is 0 Å². The Labute approximate surface area is 128 Å². The van der Waals surface area contributed by atoms with E-state index in [-0.39, 0.29) is 10.9 Å². The molecule has 0 radical (unpaired) electrons. The lowest BCUT2D eigenvalue weighted by atomic mass is 10.2. The molecule has 1 rings (SSSR count). The van der Waals surface area contributed by atoms with Gasteiger partial charge in [0.1, 0.15) is 0 Å². The molecule has 20 heavy (non-hydrogen) atoms. The average molecular weight is 362 g/mol. The van der Waals surface area contributed by atoms with E-state index in [0.29, 0.717) is 15.8 Å². The SMILES string of the molecule is COc1cc(Br)cc(C=NNC(N)=S)c1OCC(=O)O. The molecule has 0 aliphatic rings. The van der Waals surface area contributed by atoms with Crippen molar-refractivity contribution in [2.24, 2.45) is 10.8 Å². The van der Waals surface area contributed by atoms with Crippen LogP contribution in [-0.2, 0) is 4.79 Å². The summed E-state index contributed by atoms with van der Waals surface area (Å²) in [5.74, 6) is -0.469.